The highest BCUT2D eigenvalue weighted by atomic mass is 79.9. The summed E-state index contributed by atoms with van der Waals surface area (Å²) in [6.45, 7) is 4.55. The summed E-state index contributed by atoms with van der Waals surface area (Å²) in [5.74, 6) is 0.248. The number of aryl methyl sites for hydroxylation is 2. The minimum absolute atomic E-state index is 0.108. The summed E-state index contributed by atoms with van der Waals surface area (Å²) in [4.78, 5) is 12.1. The van der Waals surface area contributed by atoms with Crippen LogP contribution in [0.15, 0.2) is 65.1 Å². The smallest absolute Gasteiger partial charge is 0.262 e. The zero-order valence-corrected chi connectivity index (χ0v) is 18.6. The van der Waals surface area contributed by atoms with E-state index in [4.69, 9.17) is 16.3 Å². The molecule has 4 nitrogen and oxygen atoms in total. The molecule has 0 atom stereocenters. The molecule has 1 amide bonds. The molecule has 3 aromatic carbocycles. The van der Waals surface area contributed by atoms with Crippen molar-refractivity contribution < 1.29 is 9.53 Å². The SMILES string of the molecule is Cc1cccc(NC(=O)COc2ccc(CNc3ccc(Br)cc3C)cc2Cl)c1. The van der Waals surface area contributed by atoms with Crippen molar-refractivity contribution in [1.29, 1.82) is 0 Å². The minimum Gasteiger partial charge on any atom is -0.482 e. The maximum atomic E-state index is 12.1. The van der Waals surface area contributed by atoms with Crippen LogP contribution in [0.2, 0.25) is 5.02 Å². The fourth-order valence-electron chi connectivity index (χ4n) is 2.86. The van der Waals surface area contributed by atoms with Crippen LogP contribution in [-0.2, 0) is 11.3 Å². The third-order valence-electron chi connectivity index (χ3n) is 4.33. The molecule has 0 unspecified atom stereocenters. The summed E-state index contributed by atoms with van der Waals surface area (Å²) >= 11 is 9.81. The molecule has 0 saturated heterocycles. The molecular weight excluding hydrogens is 452 g/mol. The van der Waals surface area contributed by atoms with Crippen molar-refractivity contribution in [2.75, 3.05) is 17.2 Å². The van der Waals surface area contributed by atoms with Gasteiger partial charge in [0.1, 0.15) is 5.75 Å². The molecule has 0 bridgehead atoms. The quantitative estimate of drug-likeness (QED) is 0.420. The summed E-state index contributed by atoms with van der Waals surface area (Å²) < 4.78 is 6.63. The van der Waals surface area contributed by atoms with Crippen molar-refractivity contribution >= 4 is 44.8 Å². The lowest BCUT2D eigenvalue weighted by Gasteiger charge is -2.12. The second-order valence-corrected chi connectivity index (χ2v) is 8.11. The predicted molar refractivity (Wildman–Crippen MR) is 123 cm³/mol. The van der Waals surface area contributed by atoms with E-state index >= 15 is 0 Å². The monoisotopic (exact) mass is 472 g/mol. The number of amides is 1. The van der Waals surface area contributed by atoms with Crippen LogP contribution in [0.4, 0.5) is 11.4 Å². The highest BCUT2D eigenvalue weighted by Gasteiger charge is 2.08. The number of ether oxygens (including phenoxy) is 1. The topological polar surface area (TPSA) is 50.4 Å². The summed E-state index contributed by atoms with van der Waals surface area (Å²) in [5.41, 5.74) is 5.07. The van der Waals surface area contributed by atoms with Crippen LogP contribution in [0, 0.1) is 13.8 Å². The Morgan fingerprint density at radius 3 is 2.62 bits per heavy atom. The molecule has 0 aliphatic rings. The van der Waals surface area contributed by atoms with Gasteiger partial charge in [-0.05, 0) is 73.0 Å². The van der Waals surface area contributed by atoms with Gasteiger partial charge in [-0.3, -0.25) is 4.79 Å². The van der Waals surface area contributed by atoms with Crippen LogP contribution >= 0.6 is 27.5 Å². The predicted octanol–water partition coefficient (Wildman–Crippen LogP) is 6.35. The second kappa shape index (κ2) is 9.81. The molecule has 6 heteroatoms. The normalized spacial score (nSPS) is 10.5. The van der Waals surface area contributed by atoms with Crippen LogP contribution in [0.1, 0.15) is 16.7 Å². The summed E-state index contributed by atoms with van der Waals surface area (Å²) in [5, 5.41) is 6.68. The molecule has 0 heterocycles. The van der Waals surface area contributed by atoms with Crippen LogP contribution < -0.4 is 15.4 Å². The number of carbonyl (C=O) groups excluding carboxylic acids is 1. The molecule has 29 heavy (non-hydrogen) atoms. The van der Waals surface area contributed by atoms with E-state index in [-0.39, 0.29) is 12.5 Å². The van der Waals surface area contributed by atoms with E-state index in [1.165, 1.54) is 0 Å². The Hall–Kier alpha value is -2.50. The first-order chi connectivity index (χ1) is 13.9. The van der Waals surface area contributed by atoms with Crippen molar-refractivity contribution in [2.24, 2.45) is 0 Å². The lowest BCUT2D eigenvalue weighted by molar-refractivity contribution is -0.118. The number of halogens is 2. The van der Waals surface area contributed by atoms with Gasteiger partial charge in [-0.1, -0.05) is 45.7 Å². The molecule has 3 aromatic rings. The number of nitrogens with one attached hydrogen (secondary N) is 2. The number of anilines is 2. The van der Waals surface area contributed by atoms with Crippen molar-refractivity contribution in [3.05, 3.63) is 86.8 Å². The molecule has 3 rings (SSSR count). The van der Waals surface area contributed by atoms with Gasteiger partial charge in [-0.2, -0.15) is 0 Å². The molecule has 0 fully saturated rings. The standard InChI is InChI=1S/C23H22BrClN2O2/c1-15-4-3-5-19(10-15)27-23(28)14-29-22-9-6-17(12-20(22)25)13-26-21-8-7-18(24)11-16(21)2/h3-12,26H,13-14H2,1-2H3,(H,27,28). The first kappa shape index (κ1) is 21.2. The highest BCUT2D eigenvalue weighted by molar-refractivity contribution is 9.10. The van der Waals surface area contributed by atoms with E-state index in [0.29, 0.717) is 17.3 Å². The lowest BCUT2D eigenvalue weighted by Crippen LogP contribution is -2.20. The van der Waals surface area contributed by atoms with Gasteiger partial charge < -0.3 is 15.4 Å². The average Bonchev–Trinajstić information content (AvgIpc) is 2.66. The summed E-state index contributed by atoms with van der Waals surface area (Å²) in [6, 6.07) is 19.3. The largest absolute Gasteiger partial charge is 0.482 e. The molecule has 0 aromatic heterocycles. The van der Waals surface area contributed by atoms with Gasteiger partial charge in [-0.15, -0.1) is 0 Å². The van der Waals surface area contributed by atoms with Gasteiger partial charge in [0.2, 0.25) is 0 Å². The first-order valence-corrected chi connectivity index (χ1v) is 10.4. The third-order valence-corrected chi connectivity index (χ3v) is 5.12. The number of hydrogen-bond donors (Lipinski definition) is 2. The van der Waals surface area contributed by atoms with Crippen LogP contribution in [0.3, 0.4) is 0 Å². The first-order valence-electron chi connectivity index (χ1n) is 9.18. The van der Waals surface area contributed by atoms with Crippen molar-refractivity contribution in [3.63, 3.8) is 0 Å². The fraction of sp³-hybridized carbons (Fsp3) is 0.174. The van der Waals surface area contributed by atoms with Gasteiger partial charge in [0.05, 0.1) is 5.02 Å². The molecule has 0 saturated carbocycles. The van der Waals surface area contributed by atoms with Gasteiger partial charge in [0.15, 0.2) is 6.61 Å². The van der Waals surface area contributed by atoms with E-state index in [2.05, 4.69) is 39.6 Å². The van der Waals surface area contributed by atoms with E-state index in [9.17, 15) is 4.79 Å². The van der Waals surface area contributed by atoms with Crippen LogP contribution in [0.5, 0.6) is 5.75 Å². The number of rotatable bonds is 7. The summed E-state index contributed by atoms with van der Waals surface area (Å²) in [6.07, 6.45) is 0. The Morgan fingerprint density at radius 1 is 1.07 bits per heavy atom. The zero-order valence-electron chi connectivity index (χ0n) is 16.3. The summed E-state index contributed by atoms with van der Waals surface area (Å²) in [7, 11) is 0. The van der Waals surface area contributed by atoms with Crippen molar-refractivity contribution in [3.8, 4) is 5.75 Å². The zero-order chi connectivity index (χ0) is 20.8. The van der Waals surface area contributed by atoms with Gasteiger partial charge in [0.25, 0.3) is 5.91 Å². The average molecular weight is 474 g/mol. The third kappa shape index (κ3) is 6.24. The molecule has 150 valence electrons. The highest BCUT2D eigenvalue weighted by Crippen LogP contribution is 2.27. The number of carbonyl (C=O) groups is 1. The maximum Gasteiger partial charge on any atom is 0.262 e. The van der Waals surface area contributed by atoms with Gasteiger partial charge >= 0.3 is 0 Å². The minimum atomic E-state index is -0.233. The molecule has 2 N–H and O–H groups in total. The van der Waals surface area contributed by atoms with E-state index in [1.54, 1.807) is 6.07 Å². The second-order valence-electron chi connectivity index (χ2n) is 6.78. The van der Waals surface area contributed by atoms with Crippen LogP contribution in [0.25, 0.3) is 0 Å². The van der Waals surface area contributed by atoms with Gasteiger partial charge in [-0.25, -0.2) is 0 Å². The van der Waals surface area contributed by atoms with E-state index < -0.39 is 0 Å². The maximum absolute atomic E-state index is 12.1. The molecular formula is C23H22BrClN2O2. The Morgan fingerprint density at radius 2 is 1.90 bits per heavy atom. The Bertz CT molecular complexity index is 1020. The Labute approximate surface area is 184 Å². The van der Waals surface area contributed by atoms with Gasteiger partial charge in [0, 0.05) is 22.4 Å². The Balaban J connectivity index is 1.54. The van der Waals surface area contributed by atoms with Crippen molar-refractivity contribution in [2.45, 2.75) is 20.4 Å². The lowest BCUT2D eigenvalue weighted by atomic mass is 10.1. The van der Waals surface area contributed by atoms with Crippen molar-refractivity contribution in [1.82, 2.24) is 0 Å². The Kier molecular flexibility index (Phi) is 7.18. The van der Waals surface area contributed by atoms with Crippen LogP contribution in [-0.4, -0.2) is 12.5 Å². The molecule has 0 spiro atoms. The van der Waals surface area contributed by atoms with E-state index in [1.807, 2.05) is 55.5 Å². The molecule has 0 aliphatic carbocycles. The molecule has 0 radical (unpaired) electrons. The van der Waals surface area contributed by atoms with E-state index in [0.717, 1.165) is 32.5 Å². The fourth-order valence-corrected chi connectivity index (χ4v) is 3.59. The number of benzene rings is 3. The number of hydrogen-bond acceptors (Lipinski definition) is 3. The molecule has 0 aliphatic heterocycles.